The third-order valence-corrected chi connectivity index (χ3v) is 4.89. The highest BCUT2D eigenvalue weighted by Gasteiger charge is 2.50. The Kier molecular flexibility index (Phi) is 5.00. The molecule has 25 heavy (non-hydrogen) atoms. The maximum absolute atomic E-state index is 13.3. The first-order valence-corrected chi connectivity index (χ1v) is 8.56. The smallest absolute Gasteiger partial charge is 0.303 e. The summed E-state index contributed by atoms with van der Waals surface area (Å²) in [6.45, 7) is 2.73. The molecule has 0 saturated carbocycles. The molecule has 1 aliphatic rings. The van der Waals surface area contributed by atoms with Crippen molar-refractivity contribution in [2.45, 2.75) is 18.9 Å². The van der Waals surface area contributed by atoms with Crippen molar-refractivity contribution in [2.24, 2.45) is 5.92 Å². The van der Waals surface area contributed by atoms with E-state index in [2.05, 4.69) is 4.90 Å². The third kappa shape index (κ3) is 3.49. The Balaban J connectivity index is 2.09. The summed E-state index contributed by atoms with van der Waals surface area (Å²) in [4.78, 5) is 27.3. The van der Waals surface area contributed by atoms with E-state index >= 15 is 0 Å². The summed E-state index contributed by atoms with van der Waals surface area (Å²) in [7, 11) is 1.99. The number of rotatable bonds is 4. The van der Waals surface area contributed by atoms with E-state index < -0.39 is 11.5 Å². The number of ether oxygens (including phenoxy) is 1. The van der Waals surface area contributed by atoms with Crippen LogP contribution in [0.25, 0.3) is 0 Å². The maximum Gasteiger partial charge on any atom is 0.303 e. The first kappa shape index (κ1) is 17.4. The lowest BCUT2D eigenvalue weighted by Gasteiger charge is -2.45. The molecule has 2 aromatic rings. The van der Waals surface area contributed by atoms with Crippen LogP contribution in [0.2, 0.25) is 0 Å². The number of ketones is 1. The van der Waals surface area contributed by atoms with Crippen molar-refractivity contribution in [1.29, 1.82) is 0 Å². The Bertz CT molecular complexity index is 744. The van der Waals surface area contributed by atoms with Gasteiger partial charge < -0.3 is 9.64 Å². The molecule has 0 N–H and O–H groups in total. The number of likely N-dealkylation sites (tertiary alicyclic amines) is 1. The number of esters is 1. The lowest BCUT2D eigenvalue weighted by atomic mass is 9.72. The van der Waals surface area contributed by atoms with Crippen LogP contribution < -0.4 is 0 Å². The van der Waals surface area contributed by atoms with Crippen LogP contribution >= 0.6 is 0 Å². The quantitative estimate of drug-likeness (QED) is 0.634. The summed E-state index contributed by atoms with van der Waals surface area (Å²) >= 11 is 0. The molecule has 1 heterocycles. The number of piperidine rings is 1. The van der Waals surface area contributed by atoms with Crippen molar-refractivity contribution >= 4 is 11.8 Å². The normalized spacial score (nSPS) is 23.8. The predicted molar refractivity (Wildman–Crippen MR) is 96.3 cm³/mol. The molecule has 1 aliphatic heterocycles. The number of nitrogens with zero attached hydrogens (tertiary/aromatic N) is 1. The van der Waals surface area contributed by atoms with Gasteiger partial charge in [0.2, 0.25) is 0 Å². The fraction of sp³-hybridized carbons (Fsp3) is 0.333. The van der Waals surface area contributed by atoms with Gasteiger partial charge in [-0.2, -0.15) is 0 Å². The molecule has 0 unspecified atom stereocenters. The average Bonchev–Trinajstić information content (AvgIpc) is 2.64. The Morgan fingerprint density at radius 1 is 1.04 bits per heavy atom. The van der Waals surface area contributed by atoms with Crippen molar-refractivity contribution in [2.75, 3.05) is 20.1 Å². The van der Waals surface area contributed by atoms with E-state index in [0.717, 1.165) is 12.1 Å². The summed E-state index contributed by atoms with van der Waals surface area (Å²) < 4.78 is 5.88. The first-order valence-electron chi connectivity index (χ1n) is 8.56. The Morgan fingerprint density at radius 3 is 2.24 bits per heavy atom. The fourth-order valence-corrected chi connectivity index (χ4v) is 3.68. The fourth-order valence-electron chi connectivity index (χ4n) is 3.68. The molecule has 0 bridgehead atoms. The van der Waals surface area contributed by atoms with E-state index in [1.54, 1.807) is 0 Å². The second-order valence-corrected chi connectivity index (χ2v) is 6.64. The largest absolute Gasteiger partial charge is 0.453 e. The predicted octanol–water partition coefficient (Wildman–Crippen LogP) is 3.28. The molecule has 0 spiro atoms. The van der Waals surface area contributed by atoms with E-state index in [4.69, 9.17) is 4.74 Å². The van der Waals surface area contributed by atoms with Gasteiger partial charge in [-0.25, -0.2) is 0 Å². The van der Waals surface area contributed by atoms with Gasteiger partial charge >= 0.3 is 5.97 Å². The third-order valence-electron chi connectivity index (χ3n) is 4.89. The molecule has 4 heteroatoms. The number of carbonyl (C=O) groups is 2. The molecule has 0 radical (unpaired) electrons. The molecule has 0 aromatic heterocycles. The van der Waals surface area contributed by atoms with E-state index in [-0.39, 0.29) is 11.8 Å². The lowest BCUT2D eigenvalue weighted by Crippen LogP contribution is -2.54. The lowest BCUT2D eigenvalue weighted by molar-refractivity contribution is -0.169. The van der Waals surface area contributed by atoms with Crippen LogP contribution in [-0.4, -0.2) is 36.8 Å². The van der Waals surface area contributed by atoms with Gasteiger partial charge in [0, 0.05) is 32.0 Å². The zero-order valence-electron chi connectivity index (χ0n) is 14.6. The van der Waals surface area contributed by atoms with Crippen LogP contribution in [0, 0.1) is 5.92 Å². The van der Waals surface area contributed by atoms with Crippen molar-refractivity contribution in [1.82, 2.24) is 4.90 Å². The van der Waals surface area contributed by atoms with Gasteiger partial charge in [-0.1, -0.05) is 60.7 Å². The van der Waals surface area contributed by atoms with Gasteiger partial charge in [-0.05, 0) is 12.6 Å². The molecule has 1 fully saturated rings. The highest BCUT2D eigenvalue weighted by atomic mass is 16.6. The minimum Gasteiger partial charge on any atom is -0.453 e. The van der Waals surface area contributed by atoms with Gasteiger partial charge in [0.1, 0.15) is 5.60 Å². The molecule has 130 valence electrons. The summed E-state index contributed by atoms with van der Waals surface area (Å²) in [5, 5.41) is 0. The molecule has 0 aliphatic carbocycles. The molecule has 3 rings (SSSR count). The molecule has 0 amide bonds. The summed E-state index contributed by atoms with van der Waals surface area (Å²) in [6, 6.07) is 18.9. The summed E-state index contributed by atoms with van der Waals surface area (Å²) in [5.41, 5.74) is 0.606. The van der Waals surface area contributed by atoms with Crippen LogP contribution in [0.5, 0.6) is 0 Å². The number of hydrogen-bond acceptors (Lipinski definition) is 4. The zero-order chi connectivity index (χ0) is 17.9. The monoisotopic (exact) mass is 337 g/mol. The zero-order valence-corrected chi connectivity index (χ0v) is 14.6. The first-order chi connectivity index (χ1) is 12.0. The topological polar surface area (TPSA) is 46.6 Å². The van der Waals surface area contributed by atoms with Crippen LogP contribution in [0.3, 0.4) is 0 Å². The van der Waals surface area contributed by atoms with E-state index in [1.165, 1.54) is 6.92 Å². The maximum atomic E-state index is 13.3. The van der Waals surface area contributed by atoms with Gasteiger partial charge in [0.25, 0.3) is 0 Å². The second-order valence-electron chi connectivity index (χ2n) is 6.64. The van der Waals surface area contributed by atoms with Crippen molar-refractivity contribution in [3.8, 4) is 0 Å². The van der Waals surface area contributed by atoms with Gasteiger partial charge in [0.05, 0.1) is 5.92 Å². The van der Waals surface area contributed by atoms with Crippen LogP contribution in [0.4, 0.5) is 0 Å². The molecule has 4 nitrogen and oxygen atoms in total. The standard InChI is InChI=1S/C21H23NO3/c1-16(23)25-21(18-11-7-4-8-12-18)13-14-22(2)15-19(21)20(24)17-9-5-3-6-10-17/h3-12,19H,13-15H2,1-2H3/t19-,21+/m1/s1. The summed E-state index contributed by atoms with van der Waals surface area (Å²) in [6.07, 6.45) is 0.594. The van der Waals surface area contributed by atoms with Crippen LogP contribution in [0.1, 0.15) is 29.3 Å². The van der Waals surface area contributed by atoms with Crippen molar-refractivity contribution < 1.29 is 14.3 Å². The summed E-state index contributed by atoms with van der Waals surface area (Å²) in [5.74, 6) is -0.795. The van der Waals surface area contributed by atoms with Gasteiger partial charge in [-0.3, -0.25) is 9.59 Å². The highest BCUT2D eigenvalue weighted by molar-refractivity contribution is 5.99. The molecule has 2 atom stereocenters. The Morgan fingerprint density at radius 2 is 1.64 bits per heavy atom. The van der Waals surface area contributed by atoms with Gasteiger partial charge in [0.15, 0.2) is 5.78 Å². The van der Waals surface area contributed by atoms with E-state index in [1.807, 2.05) is 67.7 Å². The Hall–Kier alpha value is -2.46. The minimum absolute atomic E-state index is 0.0113. The van der Waals surface area contributed by atoms with Crippen molar-refractivity contribution in [3.63, 3.8) is 0 Å². The molecule has 2 aromatic carbocycles. The molecule has 1 saturated heterocycles. The van der Waals surface area contributed by atoms with Crippen LogP contribution in [-0.2, 0) is 15.1 Å². The number of Topliss-reactive ketones (excluding diaryl/α,β-unsaturated/α-hetero) is 1. The average molecular weight is 337 g/mol. The number of carbonyl (C=O) groups excluding carboxylic acids is 2. The van der Waals surface area contributed by atoms with Crippen molar-refractivity contribution in [3.05, 3.63) is 71.8 Å². The van der Waals surface area contributed by atoms with Crippen LogP contribution in [0.15, 0.2) is 60.7 Å². The minimum atomic E-state index is -0.924. The molecular weight excluding hydrogens is 314 g/mol. The molecular formula is C21H23NO3. The Labute approximate surface area is 148 Å². The van der Waals surface area contributed by atoms with E-state index in [0.29, 0.717) is 18.5 Å². The second kappa shape index (κ2) is 7.19. The van der Waals surface area contributed by atoms with Gasteiger partial charge in [-0.15, -0.1) is 0 Å². The number of benzene rings is 2. The number of hydrogen-bond donors (Lipinski definition) is 0. The SMILES string of the molecule is CC(=O)O[C@]1(c2ccccc2)CCN(C)C[C@@H]1C(=O)c1ccccc1. The highest BCUT2D eigenvalue weighted by Crippen LogP contribution is 2.42. The van der Waals surface area contributed by atoms with E-state index in [9.17, 15) is 9.59 Å².